The molecule has 6 nitrogen and oxygen atoms in total. The topological polar surface area (TPSA) is 79.0 Å². The number of benzene rings is 1. The number of rotatable bonds is 2. The minimum atomic E-state index is -0.161. The number of amides is 1. The molecule has 0 bridgehead atoms. The van der Waals surface area contributed by atoms with Crippen LogP contribution in [0.3, 0.4) is 0 Å². The molecule has 0 saturated carbocycles. The van der Waals surface area contributed by atoms with Crippen LogP contribution in [-0.4, -0.2) is 33.7 Å². The average Bonchev–Trinajstić information content (AvgIpc) is 2.59. The zero-order valence-corrected chi connectivity index (χ0v) is 13.0. The van der Waals surface area contributed by atoms with Crippen molar-refractivity contribution >= 4 is 16.7 Å². The Morgan fingerprint density at radius 3 is 2.61 bits per heavy atom. The molecular weight excluding hydrogens is 292 g/mol. The molecule has 0 spiro atoms. The van der Waals surface area contributed by atoms with Crippen LogP contribution >= 0.6 is 0 Å². The van der Waals surface area contributed by atoms with E-state index in [1.54, 1.807) is 18.0 Å². The first-order valence-corrected chi connectivity index (χ1v) is 7.72. The summed E-state index contributed by atoms with van der Waals surface area (Å²) in [6, 6.07) is 9.50. The van der Waals surface area contributed by atoms with Gasteiger partial charge in [0.05, 0.1) is 23.6 Å². The van der Waals surface area contributed by atoms with Gasteiger partial charge in [0, 0.05) is 31.4 Å². The molecule has 1 aliphatic rings. The minimum Gasteiger partial charge on any atom is -0.342 e. The van der Waals surface area contributed by atoms with Gasteiger partial charge < -0.3 is 4.90 Å². The smallest absolute Gasteiger partial charge is 0.274 e. The Morgan fingerprint density at radius 2 is 1.96 bits per heavy atom. The van der Waals surface area contributed by atoms with E-state index in [1.807, 2.05) is 18.2 Å². The quantitative estimate of drug-likeness (QED) is 0.836. The lowest BCUT2D eigenvalue weighted by Crippen LogP contribution is -2.39. The van der Waals surface area contributed by atoms with Gasteiger partial charge in [-0.2, -0.15) is 10.4 Å². The fourth-order valence-corrected chi connectivity index (χ4v) is 3.02. The Balaban J connectivity index is 1.85. The van der Waals surface area contributed by atoms with Gasteiger partial charge in [-0.15, -0.1) is 0 Å². The highest BCUT2D eigenvalue weighted by Gasteiger charge is 2.23. The Bertz CT molecular complexity index is 842. The molecule has 2 aromatic rings. The molecule has 0 unspecified atom stereocenters. The molecular formula is C17H18N4O2. The predicted molar refractivity (Wildman–Crippen MR) is 85.6 cm³/mol. The summed E-state index contributed by atoms with van der Waals surface area (Å²) in [4.78, 5) is 26.4. The summed E-state index contributed by atoms with van der Waals surface area (Å²) in [6.45, 7) is 1.22. The van der Waals surface area contributed by atoms with E-state index in [4.69, 9.17) is 5.26 Å². The Morgan fingerprint density at radius 1 is 1.30 bits per heavy atom. The third-order valence-electron chi connectivity index (χ3n) is 4.38. The average molecular weight is 310 g/mol. The largest absolute Gasteiger partial charge is 0.342 e. The van der Waals surface area contributed by atoms with Crippen LogP contribution in [-0.2, 0) is 18.3 Å². The van der Waals surface area contributed by atoms with E-state index in [-0.39, 0.29) is 23.8 Å². The second-order valence-corrected chi connectivity index (χ2v) is 5.88. The van der Waals surface area contributed by atoms with Crippen molar-refractivity contribution in [2.45, 2.75) is 19.3 Å². The highest BCUT2D eigenvalue weighted by atomic mass is 16.2. The number of hydrogen-bond donors (Lipinski definition) is 0. The van der Waals surface area contributed by atoms with Crippen molar-refractivity contribution in [3.05, 3.63) is 40.3 Å². The van der Waals surface area contributed by atoms with Crippen LogP contribution in [0.1, 0.15) is 18.5 Å². The van der Waals surface area contributed by atoms with E-state index >= 15 is 0 Å². The van der Waals surface area contributed by atoms with Crippen LogP contribution in [0.2, 0.25) is 0 Å². The van der Waals surface area contributed by atoms with Crippen molar-refractivity contribution < 1.29 is 4.79 Å². The SMILES string of the molecule is Cn1nc(CC(=O)N2CCC(C#N)CC2)c2ccccc2c1=O. The minimum absolute atomic E-state index is 0.00214. The molecule has 1 aliphatic heterocycles. The number of aromatic nitrogens is 2. The van der Waals surface area contributed by atoms with Crippen molar-refractivity contribution in [3.63, 3.8) is 0 Å². The van der Waals surface area contributed by atoms with Gasteiger partial charge >= 0.3 is 0 Å². The number of nitriles is 1. The number of nitrogens with zero attached hydrogens (tertiary/aromatic N) is 4. The fraction of sp³-hybridized carbons (Fsp3) is 0.412. The maximum absolute atomic E-state index is 12.5. The molecule has 0 radical (unpaired) electrons. The number of hydrogen-bond acceptors (Lipinski definition) is 4. The van der Waals surface area contributed by atoms with Gasteiger partial charge in [0.1, 0.15) is 0 Å². The molecule has 1 saturated heterocycles. The van der Waals surface area contributed by atoms with E-state index in [0.717, 1.165) is 18.2 Å². The van der Waals surface area contributed by atoms with E-state index in [0.29, 0.717) is 24.2 Å². The number of aryl methyl sites for hydroxylation is 1. The summed E-state index contributed by atoms with van der Waals surface area (Å²) in [6.07, 6.45) is 1.62. The van der Waals surface area contributed by atoms with Crippen LogP contribution < -0.4 is 5.56 Å². The summed E-state index contributed by atoms with van der Waals surface area (Å²) in [5, 5.41) is 14.5. The highest BCUT2D eigenvalue weighted by molar-refractivity contribution is 5.88. The first kappa shape index (κ1) is 15.2. The molecule has 3 rings (SSSR count). The van der Waals surface area contributed by atoms with E-state index in [2.05, 4.69) is 11.2 Å². The van der Waals surface area contributed by atoms with Gasteiger partial charge in [-0.25, -0.2) is 4.68 Å². The maximum atomic E-state index is 12.5. The molecule has 2 heterocycles. The Kier molecular flexibility index (Phi) is 4.11. The van der Waals surface area contributed by atoms with Crippen LogP contribution in [0.5, 0.6) is 0 Å². The van der Waals surface area contributed by atoms with E-state index < -0.39 is 0 Å². The van der Waals surface area contributed by atoms with Crippen molar-refractivity contribution in [2.24, 2.45) is 13.0 Å². The Labute approximate surface area is 133 Å². The molecule has 0 aliphatic carbocycles. The van der Waals surface area contributed by atoms with Crippen molar-refractivity contribution in [3.8, 4) is 6.07 Å². The summed E-state index contributed by atoms with van der Waals surface area (Å²) in [7, 11) is 1.60. The second-order valence-electron chi connectivity index (χ2n) is 5.88. The molecule has 6 heteroatoms. The lowest BCUT2D eigenvalue weighted by Gasteiger charge is -2.29. The molecule has 1 aromatic heterocycles. The molecule has 1 aromatic carbocycles. The number of carbonyl (C=O) groups is 1. The summed E-state index contributed by atoms with van der Waals surface area (Å²) in [5.74, 6) is 0.0493. The van der Waals surface area contributed by atoms with Crippen molar-refractivity contribution in [1.29, 1.82) is 5.26 Å². The van der Waals surface area contributed by atoms with Crippen molar-refractivity contribution in [2.75, 3.05) is 13.1 Å². The standard InChI is InChI=1S/C17H18N4O2/c1-20-17(23)14-5-3-2-4-13(14)15(19-20)10-16(22)21-8-6-12(11-18)7-9-21/h2-5,12H,6-10H2,1H3. The molecule has 0 atom stereocenters. The first-order valence-electron chi connectivity index (χ1n) is 7.72. The fourth-order valence-electron chi connectivity index (χ4n) is 3.02. The normalized spacial score (nSPS) is 15.6. The van der Waals surface area contributed by atoms with Gasteiger partial charge in [0.15, 0.2) is 0 Å². The molecule has 1 amide bonds. The lowest BCUT2D eigenvalue weighted by atomic mass is 9.98. The number of carbonyl (C=O) groups excluding carboxylic acids is 1. The summed E-state index contributed by atoms with van der Waals surface area (Å²) >= 11 is 0. The third-order valence-corrected chi connectivity index (χ3v) is 4.38. The third kappa shape index (κ3) is 2.95. The van der Waals surface area contributed by atoms with Crippen LogP contribution in [0.25, 0.3) is 10.8 Å². The van der Waals surface area contributed by atoms with Gasteiger partial charge in [-0.05, 0) is 18.9 Å². The monoisotopic (exact) mass is 310 g/mol. The van der Waals surface area contributed by atoms with Gasteiger partial charge in [0.2, 0.25) is 5.91 Å². The predicted octanol–water partition coefficient (Wildman–Crippen LogP) is 1.24. The van der Waals surface area contributed by atoms with E-state index in [9.17, 15) is 9.59 Å². The van der Waals surface area contributed by atoms with Crippen LogP contribution in [0.15, 0.2) is 29.1 Å². The summed E-state index contributed by atoms with van der Waals surface area (Å²) in [5.41, 5.74) is 0.460. The van der Waals surface area contributed by atoms with E-state index in [1.165, 1.54) is 4.68 Å². The van der Waals surface area contributed by atoms with Gasteiger partial charge in [-0.1, -0.05) is 18.2 Å². The molecule has 0 N–H and O–H groups in total. The highest BCUT2D eigenvalue weighted by Crippen LogP contribution is 2.18. The number of piperidine rings is 1. The van der Waals surface area contributed by atoms with Gasteiger partial charge in [0.25, 0.3) is 5.56 Å². The Hall–Kier alpha value is -2.68. The lowest BCUT2D eigenvalue weighted by molar-refractivity contribution is -0.131. The zero-order valence-electron chi connectivity index (χ0n) is 13.0. The zero-order chi connectivity index (χ0) is 16.4. The molecule has 1 fully saturated rings. The molecule has 118 valence electrons. The summed E-state index contributed by atoms with van der Waals surface area (Å²) < 4.78 is 1.28. The number of fused-ring (bicyclic) bond motifs is 1. The maximum Gasteiger partial charge on any atom is 0.274 e. The van der Waals surface area contributed by atoms with Crippen LogP contribution in [0.4, 0.5) is 0 Å². The number of likely N-dealkylation sites (tertiary alicyclic amines) is 1. The molecule has 23 heavy (non-hydrogen) atoms. The van der Waals surface area contributed by atoms with Gasteiger partial charge in [-0.3, -0.25) is 9.59 Å². The second kappa shape index (κ2) is 6.21. The van der Waals surface area contributed by atoms with Crippen LogP contribution in [0, 0.1) is 17.2 Å². The van der Waals surface area contributed by atoms with Crippen molar-refractivity contribution in [1.82, 2.24) is 14.7 Å². The first-order chi connectivity index (χ1) is 11.1.